The van der Waals surface area contributed by atoms with E-state index in [0.717, 1.165) is 5.56 Å². The predicted molar refractivity (Wildman–Crippen MR) is 88.4 cm³/mol. The first-order valence-electron chi connectivity index (χ1n) is 7.91. The number of nitrogens with zero attached hydrogens (tertiary/aromatic N) is 1. The van der Waals surface area contributed by atoms with Crippen LogP contribution in [0.1, 0.15) is 12.0 Å². The van der Waals surface area contributed by atoms with E-state index in [1.807, 2.05) is 6.07 Å². The summed E-state index contributed by atoms with van der Waals surface area (Å²) in [5.74, 6) is 0.217. The lowest BCUT2D eigenvalue weighted by Gasteiger charge is -2.33. The molecule has 0 aliphatic carbocycles. The summed E-state index contributed by atoms with van der Waals surface area (Å²) in [4.78, 5) is 25.1. The van der Waals surface area contributed by atoms with Crippen molar-refractivity contribution >= 4 is 11.9 Å². The molecular formula is C17H23NO7. The van der Waals surface area contributed by atoms with Gasteiger partial charge in [0.05, 0.1) is 34.5 Å². The van der Waals surface area contributed by atoms with Gasteiger partial charge in [-0.25, -0.2) is 4.79 Å². The summed E-state index contributed by atoms with van der Waals surface area (Å²) in [5.41, 5.74) is 0.786. The highest BCUT2D eigenvalue weighted by molar-refractivity contribution is 5.84. The quantitative estimate of drug-likeness (QED) is 0.780. The van der Waals surface area contributed by atoms with Gasteiger partial charge in [-0.15, -0.1) is 0 Å². The minimum absolute atomic E-state index is 0.0146. The van der Waals surface area contributed by atoms with E-state index in [1.54, 1.807) is 6.07 Å². The molecule has 1 atom stereocenters. The van der Waals surface area contributed by atoms with Crippen molar-refractivity contribution < 1.29 is 33.6 Å². The first kappa shape index (κ1) is 18.9. The number of carbonyl (C=O) groups is 2. The summed E-state index contributed by atoms with van der Waals surface area (Å²) in [7, 11) is 4.57. The maximum atomic E-state index is 12.5. The van der Waals surface area contributed by atoms with Crippen molar-refractivity contribution in [1.29, 1.82) is 0 Å². The molecule has 1 heterocycles. The Bertz CT molecular complexity index is 632. The fourth-order valence-corrected chi connectivity index (χ4v) is 2.85. The minimum Gasteiger partial charge on any atom is -0.493 e. The van der Waals surface area contributed by atoms with Crippen LogP contribution in [0.15, 0.2) is 12.1 Å². The van der Waals surface area contributed by atoms with Crippen molar-refractivity contribution in [3.05, 3.63) is 17.7 Å². The highest BCUT2D eigenvalue weighted by Crippen LogP contribution is 2.40. The molecule has 1 aromatic rings. The number of hydrogen-bond donors (Lipinski definition) is 1. The number of hydrogen-bond acceptors (Lipinski definition) is 6. The standard InChI is InChI=1S/C17H23NO7/c1-22-13-6-4-11(15(23-2)16(13)24-3)5-7-14(19)18-8-9-25-10-12(18)17(20)21/h4,6,12H,5,7-10H2,1-3H3,(H,20,21). The Hall–Kier alpha value is -2.48. The Morgan fingerprint density at radius 3 is 2.52 bits per heavy atom. The van der Waals surface area contributed by atoms with Crippen LogP contribution in [0.5, 0.6) is 17.2 Å². The number of benzene rings is 1. The van der Waals surface area contributed by atoms with E-state index >= 15 is 0 Å². The van der Waals surface area contributed by atoms with Crippen LogP contribution in [0, 0.1) is 0 Å². The van der Waals surface area contributed by atoms with Gasteiger partial charge >= 0.3 is 5.97 Å². The van der Waals surface area contributed by atoms with Crippen molar-refractivity contribution in [2.75, 3.05) is 41.1 Å². The van der Waals surface area contributed by atoms with Gasteiger partial charge in [-0.2, -0.15) is 0 Å². The zero-order valence-electron chi connectivity index (χ0n) is 14.6. The van der Waals surface area contributed by atoms with Crippen LogP contribution in [0.2, 0.25) is 0 Å². The molecule has 1 N–H and O–H groups in total. The first-order chi connectivity index (χ1) is 12.0. The van der Waals surface area contributed by atoms with Crippen LogP contribution < -0.4 is 14.2 Å². The number of methoxy groups -OCH3 is 3. The highest BCUT2D eigenvalue weighted by atomic mass is 16.5. The number of aryl methyl sites for hydroxylation is 1. The van der Waals surface area contributed by atoms with Crippen LogP contribution in [-0.2, 0) is 20.7 Å². The lowest BCUT2D eigenvalue weighted by atomic mass is 10.1. The van der Waals surface area contributed by atoms with Crippen LogP contribution in [-0.4, -0.2) is 69.0 Å². The molecule has 1 saturated heterocycles. The fraction of sp³-hybridized carbons (Fsp3) is 0.529. The van der Waals surface area contributed by atoms with Crippen LogP contribution in [0.25, 0.3) is 0 Å². The van der Waals surface area contributed by atoms with Crippen molar-refractivity contribution in [1.82, 2.24) is 4.90 Å². The lowest BCUT2D eigenvalue weighted by Crippen LogP contribution is -2.52. The second-order valence-corrected chi connectivity index (χ2v) is 5.51. The number of aliphatic carboxylic acids is 1. The van der Waals surface area contributed by atoms with Gasteiger partial charge in [-0.3, -0.25) is 4.79 Å². The van der Waals surface area contributed by atoms with E-state index in [-0.39, 0.29) is 25.5 Å². The molecule has 1 fully saturated rings. The molecule has 2 rings (SSSR count). The van der Waals surface area contributed by atoms with Gasteiger partial charge in [0, 0.05) is 13.0 Å². The molecule has 138 valence electrons. The Labute approximate surface area is 146 Å². The van der Waals surface area contributed by atoms with Gasteiger partial charge in [0.2, 0.25) is 11.7 Å². The topological polar surface area (TPSA) is 94.5 Å². The van der Waals surface area contributed by atoms with Crippen molar-refractivity contribution in [2.24, 2.45) is 0 Å². The largest absolute Gasteiger partial charge is 0.493 e. The van der Waals surface area contributed by atoms with Crippen LogP contribution in [0.4, 0.5) is 0 Å². The van der Waals surface area contributed by atoms with Crippen molar-refractivity contribution in [2.45, 2.75) is 18.9 Å². The van der Waals surface area contributed by atoms with E-state index in [2.05, 4.69) is 0 Å². The molecule has 0 saturated carbocycles. The maximum absolute atomic E-state index is 12.5. The molecule has 25 heavy (non-hydrogen) atoms. The van der Waals surface area contributed by atoms with Gasteiger partial charge < -0.3 is 29.0 Å². The number of carboxylic acids is 1. The zero-order chi connectivity index (χ0) is 18.4. The van der Waals surface area contributed by atoms with E-state index in [9.17, 15) is 14.7 Å². The summed E-state index contributed by atoms with van der Waals surface area (Å²) in [6.07, 6.45) is 0.557. The molecule has 1 aromatic carbocycles. The monoisotopic (exact) mass is 353 g/mol. The van der Waals surface area contributed by atoms with E-state index in [0.29, 0.717) is 30.3 Å². The number of amides is 1. The second kappa shape index (κ2) is 8.57. The Kier molecular flexibility index (Phi) is 6.46. The highest BCUT2D eigenvalue weighted by Gasteiger charge is 2.32. The smallest absolute Gasteiger partial charge is 0.328 e. The van der Waals surface area contributed by atoms with Crippen molar-refractivity contribution in [3.8, 4) is 17.2 Å². The lowest BCUT2D eigenvalue weighted by molar-refractivity contribution is -0.158. The molecule has 1 aliphatic heterocycles. The molecule has 1 amide bonds. The van der Waals surface area contributed by atoms with Gasteiger partial charge in [0.15, 0.2) is 17.5 Å². The zero-order valence-corrected chi connectivity index (χ0v) is 14.6. The Morgan fingerprint density at radius 1 is 1.20 bits per heavy atom. The Morgan fingerprint density at radius 2 is 1.92 bits per heavy atom. The number of rotatable bonds is 7. The average Bonchev–Trinajstić information content (AvgIpc) is 2.64. The normalized spacial score (nSPS) is 17.1. The number of morpholine rings is 1. The molecule has 0 radical (unpaired) electrons. The molecule has 0 bridgehead atoms. The first-order valence-corrected chi connectivity index (χ1v) is 7.91. The summed E-state index contributed by atoms with van der Waals surface area (Å²) in [5, 5.41) is 9.23. The fourth-order valence-electron chi connectivity index (χ4n) is 2.85. The number of carbonyl (C=O) groups excluding carboxylic acids is 1. The Balaban J connectivity index is 2.12. The van der Waals surface area contributed by atoms with E-state index in [1.165, 1.54) is 26.2 Å². The predicted octanol–water partition coefficient (Wildman–Crippen LogP) is 0.957. The van der Waals surface area contributed by atoms with Crippen LogP contribution in [0.3, 0.4) is 0 Å². The SMILES string of the molecule is COc1ccc(CCC(=O)N2CCOCC2C(=O)O)c(OC)c1OC. The summed E-state index contributed by atoms with van der Waals surface area (Å²) in [6, 6.07) is 2.62. The molecule has 1 aliphatic rings. The van der Waals surface area contributed by atoms with Gasteiger partial charge in [0.1, 0.15) is 0 Å². The maximum Gasteiger partial charge on any atom is 0.328 e. The molecule has 0 aromatic heterocycles. The summed E-state index contributed by atoms with van der Waals surface area (Å²) in [6.45, 7) is 0.634. The molecule has 1 unspecified atom stereocenters. The number of carboxylic acid groups (broad SMARTS) is 1. The van der Waals surface area contributed by atoms with Gasteiger partial charge in [-0.05, 0) is 18.1 Å². The van der Waals surface area contributed by atoms with Gasteiger partial charge in [0.25, 0.3) is 0 Å². The van der Waals surface area contributed by atoms with Gasteiger partial charge in [-0.1, -0.05) is 6.07 Å². The van der Waals surface area contributed by atoms with Crippen molar-refractivity contribution in [3.63, 3.8) is 0 Å². The second-order valence-electron chi connectivity index (χ2n) is 5.51. The van der Waals surface area contributed by atoms with Crippen LogP contribution >= 0.6 is 0 Å². The molecule has 8 heteroatoms. The third-order valence-corrected chi connectivity index (χ3v) is 4.13. The molecular weight excluding hydrogens is 330 g/mol. The molecule has 8 nitrogen and oxygen atoms in total. The minimum atomic E-state index is -1.06. The van der Waals surface area contributed by atoms with E-state index < -0.39 is 12.0 Å². The third kappa shape index (κ3) is 4.14. The average molecular weight is 353 g/mol. The summed E-state index contributed by atoms with van der Waals surface area (Å²) < 4.78 is 21.1. The third-order valence-electron chi connectivity index (χ3n) is 4.13. The molecule has 0 spiro atoms. The van der Waals surface area contributed by atoms with E-state index in [4.69, 9.17) is 18.9 Å². The summed E-state index contributed by atoms with van der Waals surface area (Å²) >= 11 is 0. The number of ether oxygens (including phenoxy) is 4.